The predicted octanol–water partition coefficient (Wildman–Crippen LogP) is 3.89. The Kier molecular flexibility index (Phi) is 7.22. The van der Waals surface area contributed by atoms with E-state index in [9.17, 15) is 18.0 Å². The minimum absolute atomic E-state index is 0.00218. The number of ether oxygens (including phenoxy) is 1. The van der Waals surface area contributed by atoms with Crippen molar-refractivity contribution in [1.82, 2.24) is 20.2 Å². The van der Waals surface area contributed by atoms with Crippen LogP contribution in [0, 0.1) is 0 Å². The van der Waals surface area contributed by atoms with E-state index >= 15 is 0 Å². The number of aliphatic imine (C=N–C) groups is 1. The summed E-state index contributed by atoms with van der Waals surface area (Å²) in [7, 11) is 1.46. The van der Waals surface area contributed by atoms with Crippen LogP contribution in [0.5, 0.6) is 11.6 Å². The van der Waals surface area contributed by atoms with Gasteiger partial charge in [0.1, 0.15) is 5.69 Å². The van der Waals surface area contributed by atoms with Gasteiger partial charge in [-0.1, -0.05) is 13.8 Å². The first-order valence-corrected chi connectivity index (χ1v) is 10.3. The van der Waals surface area contributed by atoms with Gasteiger partial charge in [0.25, 0.3) is 5.91 Å². The normalized spacial score (nSPS) is 12.4. The van der Waals surface area contributed by atoms with E-state index in [1.807, 2.05) is 6.07 Å². The van der Waals surface area contributed by atoms with E-state index in [-0.39, 0.29) is 34.2 Å². The molecule has 0 saturated heterocycles. The quantitative estimate of drug-likeness (QED) is 0.363. The zero-order valence-corrected chi connectivity index (χ0v) is 18.5. The zero-order chi connectivity index (χ0) is 24.2. The Labute approximate surface area is 188 Å². The van der Waals surface area contributed by atoms with Crippen molar-refractivity contribution in [3.05, 3.63) is 53.3 Å². The van der Waals surface area contributed by atoms with Crippen LogP contribution in [0.1, 0.15) is 35.5 Å². The number of aromatic amines is 1. The molecule has 0 fully saturated rings. The van der Waals surface area contributed by atoms with E-state index in [0.29, 0.717) is 6.54 Å². The average molecular weight is 462 g/mol. The highest BCUT2D eigenvalue weighted by atomic mass is 19.4. The van der Waals surface area contributed by atoms with Gasteiger partial charge in [-0.3, -0.25) is 9.69 Å². The molecule has 8 nitrogen and oxygen atoms in total. The van der Waals surface area contributed by atoms with Crippen LogP contribution in [0.15, 0.2) is 41.5 Å². The second kappa shape index (κ2) is 9.90. The molecule has 0 spiro atoms. The summed E-state index contributed by atoms with van der Waals surface area (Å²) in [5, 5.41) is 2.26. The number of carbonyl (C=O) groups is 1. The largest absolute Gasteiger partial charge is 0.437 e. The number of nitrogens with zero attached hydrogens (tertiary/aromatic N) is 3. The Morgan fingerprint density at radius 1 is 1.24 bits per heavy atom. The summed E-state index contributed by atoms with van der Waals surface area (Å²) in [4.78, 5) is 25.0. The molecular formula is C22H25F3N6O2. The summed E-state index contributed by atoms with van der Waals surface area (Å²) in [5.41, 5.74) is 5.38. The molecule has 11 heteroatoms. The van der Waals surface area contributed by atoms with Crippen molar-refractivity contribution in [2.75, 3.05) is 20.1 Å². The van der Waals surface area contributed by atoms with E-state index in [1.54, 1.807) is 12.3 Å². The highest BCUT2D eigenvalue weighted by Crippen LogP contribution is 2.39. The number of amides is 1. The van der Waals surface area contributed by atoms with Gasteiger partial charge in [0.05, 0.1) is 11.1 Å². The smallest absolute Gasteiger partial charge is 0.417 e. The number of rotatable bonds is 7. The van der Waals surface area contributed by atoms with E-state index in [4.69, 9.17) is 10.5 Å². The number of pyridine rings is 1. The topological polar surface area (TPSA) is 109 Å². The molecule has 3 rings (SSSR count). The number of nitrogens with two attached hydrogens (primary N) is 1. The molecule has 0 unspecified atom stereocenters. The first-order valence-electron chi connectivity index (χ1n) is 10.3. The number of carbonyl (C=O) groups excluding carboxylic acids is 1. The summed E-state index contributed by atoms with van der Waals surface area (Å²) in [6.07, 6.45) is -3.05. The fraction of sp³-hybridized carbons (Fsp3) is 0.318. The Morgan fingerprint density at radius 2 is 1.97 bits per heavy atom. The van der Waals surface area contributed by atoms with E-state index in [1.165, 1.54) is 13.1 Å². The number of hydrogen-bond donors (Lipinski definition) is 3. The van der Waals surface area contributed by atoms with Crippen molar-refractivity contribution in [3.8, 4) is 11.6 Å². The van der Waals surface area contributed by atoms with Gasteiger partial charge < -0.3 is 20.8 Å². The third-order valence-electron chi connectivity index (χ3n) is 5.08. The number of alkyl halides is 3. The molecule has 1 amide bonds. The second-order valence-electron chi connectivity index (χ2n) is 7.20. The lowest BCUT2D eigenvalue weighted by atomic mass is 10.1. The number of benzene rings is 1. The van der Waals surface area contributed by atoms with Gasteiger partial charge in [-0.05, 0) is 42.9 Å². The molecule has 0 radical (unpaired) electrons. The van der Waals surface area contributed by atoms with E-state index in [2.05, 4.69) is 39.0 Å². The van der Waals surface area contributed by atoms with Gasteiger partial charge >= 0.3 is 6.18 Å². The first kappa shape index (κ1) is 24.1. The fourth-order valence-corrected chi connectivity index (χ4v) is 3.29. The van der Waals surface area contributed by atoms with Gasteiger partial charge in [-0.25, -0.2) is 4.98 Å². The number of H-pyrrole nitrogens is 1. The number of aromatic nitrogens is 2. The molecule has 4 N–H and O–H groups in total. The van der Waals surface area contributed by atoms with E-state index < -0.39 is 17.6 Å². The van der Waals surface area contributed by atoms with Crippen molar-refractivity contribution >= 4 is 22.8 Å². The van der Waals surface area contributed by atoms with Crippen LogP contribution in [0.2, 0.25) is 0 Å². The van der Waals surface area contributed by atoms with Crippen LogP contribution in [-0.4, -0.2) is 46.9 Å². The lowest BCUT2D eigenvalue weighted by Gasteiger charge is -2.18. The molecule has 2 aromatic heterocycles. The predicted molar refractivity (Wildman–Crippen MR) is 119 cm³/mol. The summed E-state index contributed by atoms with van der Waals surface area (Å²) in [6.45, 7) is 6.53. The lowest BCUT2D eigenvalue weighted by molar-refractivity contribution is -0.136. The molecule has 1 aromatic carbocycles. The molecule has 176 valence electrons. The minimum Gasteiger partial charge on any atom is -0.437 e. The summed E-state index contributed by atoms with van der Waals surface area (Å²) in [5.74, 6) is -0.674. The molecule has 0 aliphatic rings. The molecule has 0 atom stereocenters. The number of halogens is 3. The summed E-state index contributed by atoms with van der Waals surface area (Å²) in [6, 6.07) is 6.77. The lowest BCUT2D eigenvalue weighted by Crippen LogP contribution is -2.28. The van der Waals surface area contributed by atoms with Crippen LogP contribution < -0.4 is 15.8 Å². The van der Waals surface area contributed by atoms with Crippen molar-refractivity contribution in [2.45, 2.75) is 26.6 Å². The maximum Gasteiger partial charge on any atom is 0.417 e. The van der Waals surface area contributed by atoms with Crippen molar-refractivity contribution in [1.29, 1.82) is 0 Å². The third kappa shape index (κ3) is 5.61. The van der Waals surface area contributed by atoms with Crippen LogP contribution in [0.3, 0.4) is 0 Å². The van der Waals surface area contributed by atoms with Gasteiger partial charge in [0, 0.05) is 31.2 Å². The van der Waals surface area contributed by atoms with Crippen LogP contribution in [0.4, 0.5) is 13.2 Å². The van der Waals surface area contributed by atoms with Gasteiger partial charge in [-0.15, -0.1) is 0 Å². The average Bonchev–Trinajstić information content (AvgIpc) is 3.23. The minimum atomic E-state index is -4.63. The van der Waals surface area contributed by atoms with Gasteiger partial charge in [0.2, 0.25) is 5.88 Å². The maximum absolute atomic E-state index is 13.6. The molecular weight excluding hydrogens is 437 g/mol. The summed E-state index contributed by atoms with van der Waals surface area (Å²) < 4.78 is 46.6. The van der Waals surface area contributed by atoms with Crippen LogP contribution >= 0.6 is 0 Å². The first-order chi connectivity index (χ1) is 15.7. The standard InChI is InChI=1S/C22H25F3N6O2/c1-4-31(5-2)12-13-8-9-28-18(10-13)33-17-7-6-15(22(23,24)25)14-11-16(29-19(14)17)20(32)30-21(26)27-3/h6-11,29H,4-5,12H2,1-3H3,(H3,26,27,30,32). The van der Waals surface area contributed by atoms with Crippen molar-refractivity contribution < 1.29 is 22.7 Å². The van der Waals surface area contributed by atoms with Crippen molar-refractivity contribution in [3.63, 3.8) is 0 Å². The number of nitrogens with one attached hydrogen (secondary N) is 2. The van der Waals surface area contributed by atoms with E-state index in [0.717, 1.165) is 30.8 Å². The molecule has 0 aliphatic heterocycles. The van der Waals surface area contributed by atoms with Gasteiger partial charge in [-0.2, -0.15) is 18.2 Å². The highest BCUT2D eigenvalue weighted by molar-refractivity contribution is 6.05. The number of guanidine groups is 1. The molecule has 33 heavy (non-hydrogen) atoms. The Morgan fingerprint density at radius 3 is 2.61 bits per heavy atom. The molecule has 0 bridgehead atoms. The van der Waals surface area contributed by atoms with Gasteiger partial charge in [0.15, 0.2) is 11.7 Å². The fourth-order valence-electron chi connectivity index (χ4n) is 3.29. The second-order valence-corrected chi connectivity index (χ2v) is 7.20. The summed E-state index contributed by atoms with van der Waals surface area (Å²) >= 11 is 0. The zero-order valence-electron chi connectivity index (χ0n) is 18.5. The number of fused-ring (bicyclic) bond motifs is 1. The molecule has 2 heterocycles. The number of hydrogen-bond acceptors (Lipinski definition) is 4. The SMILES string of the molecule is CCN(CC)Cc1ccnc(Oc2ccc(C(F)(F)F)c3cc(C(=O)N=C(N)NC)[nH]c23)c1. The van der Waals surface area contributed by atoms with Crippen molar-refractivity contribution in [2.24, 2.45) is 10.7 Å². The Bertz CT molecular complexity index is 1170. The molecule has 3 aromatic rings. The Balaban J connectivity index is 2.02. The third-order valence-corrected chi connectivity index (χ3v) is 5.08. The maximum atomic E-state index is 13.6. The highest BCUT2D eigenvalue weighted by Gasteiger charge is 2.34. The molecule has 0 aliphatic carbocycles. The van der Waals surface area contributed by atoms with Crippen LogP contribution in [-0.2, 0) is 12.7 Å². The molecule has 0 saturated carbocycles. The van der Waals surface area contributed by atoms with Crippen LogP contribution in [0.25, 0.3) is 10.9 Å². The Hall–Kier alpha value is -3.60. The monoisotopic (exact) mass is 462 g/mol.